The van der Waals surface area contributed by atoms with E-state index >= 15 is 0 Å². The van der Waals surface area contributed by atoms with Crippen molar-refractivity contribution < 1.29 is 41.4 Å². The van der Waals surface area contributed by atoms with Crippen molar-refractivity contribution in [1.29, 1.82) is 0 Å². The second-order valence-electron chi connectivity index (χ2n) is 2.57. The first-order chi connectivity index (χ1) is 8.07. The van der Waals surface area contributed by atoms with Crippen molar-refractivity contribution >= 4 is 16.6 Å². The van der Waals surface area contributed by atoms with Gasteiger partial charge in [0.05, 0.1) is 0 Å². The maximum Gasteiger partial charge on any atom is 0.300 e. The van der Waals surface area contributed by atoms with Gasteiger partial charge in [0.1, 0.15) is 0 Å². The zero-order valence-electron chi connectivity index (χ0n) is 8.50. The Morgan fingerprint density at radius 2 is 1.53 bits per heavy atom. The first-order valence-electron chi connectivity index (χ1n) is 4.09. The maximum absolute atomic E-state index is 13.1. The van der Waals surface area contributed by atoms with E-state index in [0.717, 1.165) is 0 Å². The Balaban J connectivity index is 3.72. The van der Waals surface area contributed by atoms with E-state index in [9.17, 15) is 30.8 Å². The van der Waals surface area contributed by atoms with Gasteiger partial charge >= 0.3 is 10.1 Å². The number of rotatable bonds is 2. The summed E-state index contributed by atoms with van der Waals surface area (Å²) in [5.41, 5.74) is 0. The predicted octanol–water partition coefficient (Wildman–Crippen LogP) is 1.02. The highest BCUT2D eigenvalue weighted by Crippen LogP contribution is 2.31. The molecule has 94 valence electrons. The van der Waals surface area contributed by atoms with Gasteiger partial charge in [0.15, 0.2) is 17.9 Å². The van der Waals surface area contributed by atoms with Crippen LogP contribution < -0.4 is 4.74 Å². The summed E-state index contributed by atoms with van der Waals surface area (Å²) < 4.78 is 91.5. The molecule has 1 aromatic rings. The van der Waals surface area contributed by atoms with Crippen LogP contribution in [0.2, 0.25) is 0 Å². The van der Waals surface area contributed by atoms with Crippen LogP contribution in [0.1, 0.15) is 1.37 Å². The lowest BCUT2D eigenvalue weighted by Gasteiger charge is -2.07. The number of hydrogen-bond acceptors (Lipinski definition) is 4. The Kier molecular flexibility index (Phi) is 2.98. The van der Waals surface area contributed by atoms with Crippen molar-refractivity contribution in [2.75, 3.05) is 0 Å². The molecule has 0 aliphatic rings. The van der Waals surface area contributed by atoms with Gasteiger partial charge in [-0.05, 0) is 0 Å². The quantitative estimate of drug-likeness (QED) is 0.377. The van der Waals surface area contributed by atoms with Gasteiger partial charge in [-0.1, -0.05) is 0 Å². The fourth-order valence-corrected chi connectivity index (χ4v) is 1.58. The van der Waals surface area contributed by atoms with Gasteiger partial charge in [-0.15, -0.1) is 0 Å². The molecule has 0 amide bonds. The number of hydrogen-bond donors (Lipinski definition) is 1. The molecular formula is C7H2F4O5S. The third-order valence-electron chi connectivity index (χ3n) is 1.58. The van der Waals surface area contributed by atoms with Gasteiger partial charge in [-0.3, -0.25) is 9.35 Å². The molecule has 17 heavy (non-hydrogen) atoms. The minimum absolute atomic E-state index is 1.92. The Hall–Kier alpha value is -1.68. The van der Waals surface area contributed by atoms with Crippen LogP contribution in [0, 0.1) is 23.3 Å². The Bertz CT molecular complexity index is 600. The summed E-state index contributed by atoms with van der Waals surface area (Å²) in [4.78, 5) is 7.86. The smallest absolute Gasteiger partial charge is 0.300 e. The lowest BCUT2D eigenvalue weighted by atomic mass is 10.3. The third kappa shape index (κ3) is 2.22. The molecule has 0 saturated heterocycles. The fraction of sp³-hybridized carbons (Fsp3) is 0. The number of ether oxygens (including phenoxy) is 1. The molecule has 1 N–H and O–H groups in total. The first-order valence-corrected chi connectivity index (χ1v) is 5.03. The normalized spacial score (nSPS) is 12.2. The second kappa shape index (κ2) is 4.30. The van der Waals surface area contributed by atoms with E-state index in [-0.39, 0.29) is 0 Å². The van der Waals surface area contributed by atoms with Crippen molar-refractivity contribution in [3.63, 3.8) is 0 Å². The summed E-state index contributed by atoms with van der Waals surface area (Å²) in [6.07, 6.45) is -2.04. The zero-order valence-corrected chi connectivity index (χ0v) is 8.32. The van der Waals surface area contributed by atoms with Crippen LogP contribution in [-0.4, -0.2) is 19.4 Å². The van der Waals surface area contributed by atoms with E-state index < -0.39 is 50.5 Å². The van der Waals surface area contributed by atoms with Crippen LogP contribution in [0.15, 0.2) is 4.90 Å². The summed E-state index contributed by atoms with van der Waals surface area (Å²) in [6, 6.07) is 0. The molecule has 1 aromatic carbocycles. The third-order valence-corrected chi connectivity index (χ3v) is 2.46. The summed E-state index contributed by atoms with van der Waals surface area (Å²) in [5, 5.41) is 0. The molecular weight excluding hydrogens is 272 g/mol. The summed E-state index contributed by atoms with van der Waals surface area (Å²) in [7, 11) is -5.57. The predicted molar refractivity (Wildman–Crippen MR) is 42.8 cm³/mol. The second-order valence-corrected chi connectivity index (χ2v) is 3.93. The van der Waals surface area contributed by atoms with Gasteiger partial charge in [-0.25, -0.2) is 8.78 Å². The average Bonchev–Trinajstić information content (AvgIpc) is 2.19. The molecule has 0 unspecified atom stereocenters. The lowest BCUT2D eigenvalue weighted by Crippen LogP contribution is -2.11. The standard InChI is InChI=1S/C7H2F4O5S/c8-2-4(10)7(17(13,14)15)5(11)3(9)6(2)16-1-12/h1H,(H,13,14,15)/i1D. The van der Waals surface area contributed by atoms with Crippen molar-refractivity contribution in [1.82, 2.24) is 0 Å². The van der Waals surface area contributed by atoms with E-state index in [4.69, 9.17) is 5.92 Å². The van der Waals surface area contributed by atoms with Crippen molar-refractivity contribution in [2.45, 2.75) is 4.90 Å². The molecule has 10 heteroatoms. The minimum atomic E-state index is -5.57. The monoisotopic (exact) mass is 275 g/mol. The lowest BCUT2D eigenvalue weighted by molar-refractivity contribution is -0.121. The van der Waals surface area contributed by atoms with Crippen molar-refractivity contribution in [3.8, 4) is 5.75 Å². The molecule has 0 fully saturated rings. The number of benzene rings is 1. The highest BCUT2D eigenvalue weighted by molar-refractivity contribution is 7.85. The van der Waals surface area contributed by atoms with Crippen LogP contribution in [0.4, 0.5) is 17.6 Å². The maximum atomic E-state index is 13.1. The molecule has 0 saturated carbocycles. The van der Waals surface area contributed by atoms with Gasteiger partial charge in [0.2, 0.25) is 17.4 Å². The molecule has 5 nitrogen and oxygen atoms in total. The highest BCUT2D eigenvalue weighted by atomic mass is 32.2. The number of halogens is 4. The number of carbonyl (C=O) groups is 1. The van der Waals surface area contributed by atoms with E-state index in [1.807, 2.05) is 0 Å². The Labute approximate surface area is 92.8 Å². The average molecular weight is 275 g/mol. The van der Waals surface area contributed by atoms with Crippen molar-refractivity contribution in [2.24, 2.45) is 0 Å². The van der Waals surface area contributed by atoms with E-state index in [2.05, 4.69) is 4.74 Å². The summed E-state index contributed by atoms with van der Waals surface area (Å²) >= 11 is 0. The highest BCUT2D eigenvalue weighted by Gasteiger charge is 2.33. The van der Waals surface area contributed by atoms with Gasteiger partial charge in [0, 0.05) is 0 Å². The minimum Gasteiger partial charge on any atom is -0.422 e. The summed E-state index contributed by atoms with van der Waals surface area (Å²) in [6.45, 7) is 0. The van der Waals surface area contributed by atoms with Crippen LogP contribution in [-0.2, 0) is 14.9 Å². The van der Waals surface area contributed by atoms with Gasteiger partial charge in [0.25, 0.3) is 6.45 Å². The molecule has 0 aliphatic heterocycles. The molecule has 0 spiro atoms. The van der Waals surface area contributed by atoms with Crippen LogP contribution in [0.3, 0.4) is 0 Å². The SMILES string of the molecule is [2H]C(=O)Oc1c(F)c(F)c(S(=O)(=O)O)c(F)c1F. The Morgan fingerprint density at radius 1 is 1.12 bits per heavy atom. The molecule has 0 bridgehead atoms. The van der Waals surface area contributed by atoms with Crippen LogP contribution in [0.25, 0.3) is 0 Å². The summed E-state index contributed by atoms with van der Waals surface area (Å²) in [5.74, 6) is -11.6. The number of carbonyl (C=O) groups excluding carboxylic acids is 1. The van der Waals surface area contributed by atoms with E-state index in [1.165, 1.54) is 0 Å². The van der Waals surface area contributed by atoms with Crippen LogP contribution in [0.5, 0.6) is 5.75 Å². The topological polar surface area (TPSA) is 80.7 Å². The van der Waals surface area contributed by atoms with E-state index in [0.29, 0.717) is 0 Å². The van der Waals surface area contributed by atoms with E-state index in [1.54, 1.807) is 0 Å². The van der Waals surface area contributed by atoms with Gasteiger partial charge < -0.3 is 4.74 Å². The molecule has 0 aliphatic carbocycles. The van der Waals surface area contributed by atoms with Crippen LogP contribution >= 0.6 is 0 Å². The first kappa shape index (κ1) is 11.8. The Morgan fingerprint density at radius 3 is 1.82 bits per heavy atom. The largest absolute Gasteiger partial charge is 0.422 e. The molecule has 0 heterocycles. The van der Waals surface area contributed by atoms with Gasteiger partial charge in [-0.2, -0.15) is 17.2 Å². The molecule has 0 radical (unpaired) electrons. The van der Waals surface area contributed by atoms with Crippen molar-refractivity contribution in [3.05, 3.63) is 23.3 Å². The molecule has 1 rings (SSSR count). The molecule has 0 aromatic heterocycles. The zero-order chi connectivity index (χ0) is 14.2. The molecule has 0 atom stereocenters. The fourth-order valence-electron chi connectivity index (χ4n) is 0.949.